The molecule has 0 heterocycles. The van der Waals surface area contributed by atoms with Crippen LogP contribution >= 0.6 is 0 Å². The van der Waals surface area contributed by atoms with E-state index in [1.165, 1.54) is 17.7 Å². The highest BCUT2D eigenvalue weighted by molar-refractivity contribution is 5.84. The standard InChI is InChI=1S/C18H20N2O4/c1-3-13(2)15-6-8-16(9-7-15)19-18(21)24-12-14-4-10-17(11-5-14)20(22)23/h4-11,13H,3,12H2,1-2H3,(H,19,21)/t13-/m1/s1. The molecule has 0 spiro atoms. The molecule has 2 rings (SSSR count). The predicted octanol–water partition coefficient (Wildman–Crippen LogP) is 4.86. The number of nitro benzene ring substituents is 1. The van der Waals surface area contributed by atoms with E-state index in [-0.39, 0.29) is 12.3 Å². The average molecular weight is 328 g/mol. The number of anilines is 1. The molecule has 2 aromatic carbocycles. The van der Waals surface area contributed by atoms with Gasteiger partial charge in [-0.25, -0.2) is 4.79 Å². The number of non-ortho nitro benzene ring substituents is 1. The molecule has 0 radical (unpaired) electrons. The maximum absolute atomic E-state index is 11.8. The van der Waals surface area contributed by atoms with Gasteiger partial charge in [-0.1, -0.05) is 26.0 Å². The Bertz CT molecular complexity index is 696. The van der Waals surface area contributed by atoms with Crippen LogP contribution in [0.3, 0.4) is 0 Å². The third-order valence-electron chi connectivity index (χ3n) is 3.86. The van der Waals surface area contributed by atoms with Crippen molar-refractivity contribution in [3.63, 3.8) is 0 Å². The van der Waals surface area contributed by atoms with E-state index in [9.17, 15) is 14.9 Å². The first kappa shape index (κ1) is 17.5. The van der Waals surface area contributed by atoms with Crippen molar-refractivity contribution in [2.24, 2.45) is 0 Å². The number of nitrogens with zero attached hydrogens (tertiary/aromatic N) is 1. The molecule has 0 bridgehead atoms. The molecule has 126 valence electrons. The highest BCUT2D eigenvalue weighted by Gasteiger charge is 2.08. The molecule has 1 atom stereocenters. The minimum Gasteiger partial charge on any atom is -0.444 e. The van der Waals surface area contributed by atoms with Gasteiger partial charge in [-0.3, -0.25) is 15.4 Å². The van der Waals surface area contributed by atoms with Gasteiger partial charge in [0.1, 0.15) is 6.61 Å². The van der Waals surface area contributed by atoms with E-state index < -0.39 is 11.0 Å². The van der Waals surface area contributed by atoms with Crippen LogP contribution in [-0.4, -0.2) is 11.0 Å². The molecule has 24 heavy (non-hydrogen) atoms. The summed E-state index contributed by atoms with van der Waals surface area (Å²) in [6.07, 6.45) is 0.494. The predicted molar refractivity (Wildman–Crippen MR) is 92.1 cm³/mol. The summed E-state index contributed by atoms with van der Waals surface area (Å²) in [6, 6.07) is 13.5. The van der Waals surface area contributed by atoms with Gasteiger partial charge in [0, 0.05) is 17.8 Å². The molecule has 6 heteroatoms. The van der Waals surface area contributed by atoms with Crippen LogP contribution in [0.1, 0.15) is 37.3 Å². The number of hydrogen-bond acceptors (Lipinski definition) is 4. The van der Waals surface area contributed by atoms with Crippen LogP contribution in [-0.2, 0) is 11.3 Å². The van der Waals surface area contributed by atoms with E-state index in [1.807, 2.05) is 24.3 Å². The first-order valence-electron chi connectivity index (χ1n) is 7.76. The van der Waals surface area contributed by atoms with Gasteiger partial charge in [0.05, 0.1) is 4.92 Å². The molecule has 1 amide bonds. The molecule has 6 nitrogen and oxygen atoms in total. The maximum Gasteiger partial charge on any atom is 0.411 e. The monoisotopic (exact) mass is 328 g/mol. The van der Waals surface area contributed by atoms with Crippen molar-refractivity contribution >= 4 is 17.5 Å². The van der Waals surface area contributed by atoms with Crippen LogP contribution in [0.2, 0.25) is 0 Å². The number of nitrogens with one attached hydrogen (secondary N) is 1. The summed E-state index contributed by atoms with van der Waals surface area (Å²) in [5.41, 5.74) is 2.57. The summed E-state index contributed by atoms with van der Waals surface area (Å²) in [7, 11) is 0. The van der Waals surface area contributed by atoms with Gasteiger partial charge in [-0.15, -0.1) is 0 Å². The fourth-order valence-corrected chi connectivity index (χ4v) is 2.15. The fourth-order valence-electron chi connectivity index (χ4n) is 2.15. The molecule has 0 saturated carbocycles. The number of nitro groups is 1. The summed E-state index contributed by atoms with van der Waals surface area (Å²) in [6.45, 7) is 4.34. The van der Waals surface area contributed by atoms with Crippen LogP contribution < -0.4 is 5.32 Å². The topological polar surface area (TPSA) is 81.5 Å². The number of benzene rings is 2. The minimum absolute atomic E-state index is 0.00426. The van der Waals surface area contributed by atoms with Crippen molar-refractivity contribution in [2.45, 2.75) is 32.8 Å². The lowest BCUT2D eigenvalue weighted by atomic mass is 9.99. The largest absolute Gasteiger partial charge is 0.444 e. The van der Waals surface area contributed by atoms with Crippen molar-refractivity contribution < 1.29 is 14.5 Å². The molecule has 0 saturated heterocycles. The van der Waals surface area contributed by atoms with Crippen molar-refractivity contribution in [1.82, 2.24) is 0 Å². The highest BCUT2D eigenvalue weighted by Crippen LogP contribution is 2.20. The molecular weight excluding hydrogens is 308 g/mol. The Morgan fingerprint density at radius 1 is 1.17 bits per heavy atom. The molecule has 0 aliphatic rings. The van der Waals surface area contributed by atoms with E-state index in [0.29, 0.717) is 17.2 Å². The molecule has 1 N–H and O–H groups in total. The lowest BCUT2D eigenvalue weighted by molar-refractivity contribution is -0.384. The normalized spacial score (nSPS) is 11.6. The molecule has 0 aromatic heterocycles. The van der Waals surface area contributed by atoms with Gasteiger partial charge in [0.15, 0.2) is 0 Å². The Balaban J connectivity index is 1.85. The Kier molecular flexibility index (Phi) is 5.89. The van der Waals surface area contributed by atoms with Crippen LogP contribution in [0.5, 0.6) is 0 Å². The third-order valence-corrected chi connectivity index (χ3v) is 3.86. The Labute approximate surface area is 140 Å². The Morgan fingerprint density at radius 3 is 2.33 bits per heavy atom. The van der Waals surface area contributed by atoms with Gasteiger partial charge in [-0.2, -0.15) is 0 Å². The second-order valence-corrected chi connectivity index (χ2v) is 5.56. The Hall–Kier alpha value is -2.89. The number of rotatable bonds is 6. The number of ether oxygens (including phenoxy) is 1. The van der Waals surface area contributed by atoms with Gasteiger partial charge in [0.2, 0.25) is 0 Å². The average Bonchev–Trinajstić information content (AvgIpc) is 2.60. The Morgan fingerprint density at radius 2 is 1.79 bits per heavy atom. The van der Waals surface area contributed by atoms with Gasteiger partial charge >= 0.3 is 6.09 Å². The number of hydrogen-bond donors (Lipinski definition) is 1. The molecule has 0 aliphatic carbocycles. The lowest BCUT2D eigenvalue weighted by Gasteiger charge is -2.11. The SMILES string of the molecule is CC[C@@H](C)c1ccc(NC(=O)OCc2ccc([N+](=O)[O-])cc2)cc1. The van der Waals surface area contributed by atoms with Crippen molar-refractivity contribution in [3.8, 4) is 0 Å². The van der Waals surface area contributed by atoms with Crippen LogP contribution in [0.15, 0.2) is 48.5 Å². The lowest BCUT2D eigenvalue weighted by Crippen LogP contribution is -2.13. The van der Waals surface area contributed by atoms with Crippen LogP contribution in [0.4, 0.5) is 16.2 Å². The summed E-state index contributed by atoms with van der Waals surface area (Å²) in [5, 5.41) is 13.2. The van der Waals surface area contributed by atoms with Crippen LogP contribution in [0, 0.1) is 10.1 Å². The summed E-state index contributed by atoms with van der Waals surface area (Å²) < 4.78 is 5.11. The number of amides is 1. The minimum atomic E-state index is -0.565. The second-order valence-electron chi connectivity index (χ2n) is 5.56. The molecule has 0 unspecified atom stereocenters. The first-order valence-corrected chi connectivity index (χ1v) is 7.76. The summed E-state index contributed by atoms with van der Waals surface area (Å²) in [5.74, 6) is 0.480. The van der Waals surface area contributed by atoms with Gasteiger partial charge in [0.25, 0.3) is 5.69 Å². The molecule has 0 fully saturated rings. The van der Waals surface area contributed by atoms with Gasteiger partial charge < -0.3 is 4.74 Å². The first-order chi connectivity index (χ1) is 11.5. The quantitative estimate of drug-likeness (QED) is 0.606. The zero-order valence-corrected chi connectivity index (χ0v) is 13.7. The third kappa shape index (κ3) is 4.81. The fraction of sp³-hybridized carbons (Fsp3) is 0.278. The maximum atomic E-state index is 11.8. The summed E-state index contributed by atoms with van der Waals surface area (Å²) in [4.78, 5) is 21.9. The summed E-state index contributed by atoms with van der Waals surface area (Å²) >= 11 is 0. The highest BCUT2D eigenvalue weighted by atomic mass is 16.6. The molecule has 0 aliphatic heterocycles. The van der Waals surface area contributed by atoms with Gasteiger partial charge in [-0.05, 0) is 47.7 Å². The van der Waals surface area contributed by atoms with E-state index in [0.717, 1.165) is 6.42 Å². The van der Waals surface area contributed by atoms with Crippen molar-refractivity contribution in [2.75, 3.05) is 5.32 Å². The number of carbonyl (C=O) groups excluding carboxylic acids is 1. The second kappa shape index (κ2) is 8.10. The molecular formula is C18H20N2O4. The van der Waals surface area contributed by atoms with Crippen LogP contribution in [0.25, 0.3) is 0 Å². The van der Waals surface area contributed by atoms with E-state index in [1.54, 1.807) is 12.1 Å². The number of carbonyl (C=O) groups is 1. The van der Waals surface area contributed by atoms with E-state index in [2.05, 4.69) is 19.2 Å². The van der Waals surface area contributed by atoms with Crippen molar-refractivity contribution in [3.05, 3.63) is 69.8 Å². The zero-order valence-electron chi connectivity index (χ0n) is 13.7. The van der Waals surface area contributed by atoms with Crippen molar-refractivity contribution in [1.29, 1.82) is 0 Å². The zero-order chi connectivity index (χ0) is 17.5. The smallest absolute Gasteiger partial charge is 0.411 e. The van der Waals surface area contributed by atoms with E-state index in [4.69, 9.17) is 4.74 Å². The van der Waals surface area contributed by atoms with E-state index >= 15 is 0 Å². The molecule has 2 aromatic rings.